The third-order valence-corrected chi connectivity index (χ3v) is 8.11. The quantitative estimate of drug-likeness (QED) is 0.505. The average molecular weight is 510 g/mol. The first kappa shape index (κ1) is 23.9. The molecule has 4 atom stereocenters. The lowest BCUT2D eigenvalue weighted by atomic mass is 9.82. The molecule has 1 aliphatic carbocycles. The molecular weight excluding hydrogens is 480 g/mol. The summed E-state index contributed by atoms with van der Waals surface area (Å²) in [5.41, 5.74) is -0.588. The lowest BCUT2D eigenvalue weighted by molar-refractivity contribution is 0.0831. The van der Waals surface area contributed by atoms with Gasteiger partial charge in [-0.25, -0.2) is 14.2 Å². The number of alkyl halides is 1. The van der Waals surface area contributed by atoms with E-state index in [9.17, 15) is 14.3 Å². The van der Waals surface area contributed by atoms with Crippen molar-refractivity contribution in [1.82, 2.24) is 30.0 Å². The Balaban J connectivity index is 1.28. The van der Waals surface area contributed by atoms with Crippen molar-refractivity contribution in [2.75, 3.05) is 4.90 Å². The normalized spacial score (nSPS) is 28.9. The second kappa shape index (κ2) is 8.27. The van der Waals surface area contributed by atoms with Gasteiger partial charge in [-0.3, -0.25) is 4.57 Å². The number of benzene rings is 1. The number of hydrogen-bond donors (Lipinski definition) is 2. The number of phenols is 1. The summed E-state index contributed by atoms with van der Waals surface area (Å²) in [5, 5.41) is 22.9. The number of halogens is 2. The predicted molar refractivity (Wildman–Crippen MR) is 133 cm³/mol. The molecule has 0 amide bonds. The van der Waals surface area contributed by atoms with Gasteiger partial charge in [-0.2, -0.15) is 9.37 Å². The Morgan fingerprint density at radius 1 is 1.19 bits per heavy atom. The molecule has 194 valence electrons. The molecule has 9 nitrogen and oxygen atoms in total. The third kappa shape index (κ3) is 4.05. The molecule has 6 rings (SSSR count). The molecule has 0 radical (unpaired) electrons. The molecule has 1 saturated carbocycles. The van der Waals surface area contributed by atoms with Gasteiger partial charge in [0.1, 0.15) is 11.9 Å². The summed E-state index contributed by atoms with van der Waals surface area (Å²) in [5.74, 6) is -0.160. The fourth-order valence-electron chi connectivity index (χ4n) is 5.97. The Morgan fingerprint density at radius 3 is 2.62 bits per heavy atom. The fraction of sp³-hybridized carbons (Fsp3) is 0.500. The minimum Gasteiger partial charge on any atom is -0.507 e. The number of rotatable bonds is 5. The smallest absolute Gasteiger partial charge is 0.350 e. The van der Waals surface area contributed by atoms with E-state index in [1.807, 2.05) is 6.92 Å². The molecule has 2 bridgehead atoms. The molecule has 37 heavy (non-hydrogen) atoms. The van der Waals surface area contributed by atoms with Crippen LogP contribution in [0.1, 0.15) is 46.0 Å². The van der Waals surface area contributed by atoms with Crippen LogP contribution in [0.2, 0.25) is 0 Å². The molecule has 11 heteroatoms. The maximum Gasteiger partial charge on any atom is 0.350 e. The van der Waals surface area contributed by atoms with Gasteiger partial charge in [0.25, 0.3) is 0 Å². The molecule has 0 spiro atoms. The van der Waals surface area contributed by atoms with Crippen molar-refractivity contribution in [2.24, 2.45) is 7.05 Å². The van der Waals surface area contributed by atoms with E-state index in [1.165, 1.54) is 13.1 Å². The summed E-state index contributed by atoms with van der Waals surface area (Å²) in [6, 6.07) is 5.58. The van der Waals surface area contributed by atoms with Crippen LogP contribution in [0.3, 0.4) is 0 Å². The van der Waals surface area contributed by atoms with Crippen LogP contribution in [0.5, 0.6) is 5.75 Å². The predicted octanol–water partition coefficient (Wildman–Crippen LogP) is 3.12. The zero-order valence-electron chi connectivity index (χ0n) is 20.9. The Morgan fingerprint density at radius 2 is 1.97 bits per heavy atom. The summed E-state index contributed by atoms with van der Waals surface area (Å²) < 4.78 is 30.6. The van der Waals surface area contributed by atoms with Crippen LogP contribution >= 0.6 is 0 Å². The van der Waals surface area contributed by atoms with E-state index in [-0.39, 0.29) is 34.9 Å². The summed E-state index contributed by atoms with van der Waals surface area (Å²) in [7, 11) is 1.29. The number of aromatic nitrogens is 5. The molecule has 1 aromatic carbocycles. The molecule has 3 fully saturated rings. The van der Waals surface area contributed by atoms with Gasteiger partial charge in [-0.05, 0) is 58.1 Å². The number of hydrogen-bond acceptors (Lipinski definition) is 8. The van der Waals surface area contributed by atoms with E-state index in [0.717, 1.165) is 36.3 Å². The summed E-state index contributed by atoms with van der Waals surface area (Å²) >= 11 is 0. The molecule has 3 aromatic rings. The summed E-state index contributed by atoms with van der Waals surface area (Å²) in [6.45, 7) is 4.13. The molecule has 3 aliphatic rings. The molecule has 0 unspecified atom stereocenters. The van der Waals surface area contributed by atoms with Gasteiger partial charge < -0.3 is 15.3 Å². The molecule has 2 N–H and O–H groups in total. The number of nitrogens with one attached hydrogen (secondary N) is 1. The van der Waals surface area contributed by atoms with Gasteiger partial charge in [-0.1, -0.05) is 6.07 Å². The Bertz CT molecular complexity index is 1430. The van der Waals surface area contributed by atoms with E-state index >= 15 is 4.39 Å². The molecular formula is C26H29F2N7O2. The summed E-state index contributed by atoms with van der Waals surface area (Å²) in [6.07, 6.45) is 4.93. The largest absolute Gasteiger partial charge is 0.507 e. The van der Waals surface area contributed by atoms with Crippen LogP contribution in [0.4, 0.5) is 14.6 Å². The van der Waals surface area contributed by atoms with Crippen molar-refractivity contribution in [3.8, 4) is 28.4 Å². The van der Waals surface area contributed by atoms with E-state index in [0.29, 0.717) is 23.4 Å². The van der Waals surface area contributed by atoms with Crippen LogP contribution in [0.15, 0.2) is 35.3 Å². The highest BCUT2D eigenvalue weighted by atomic mass is 19.1. The SMILES string of the molecule is Cn1c(F)cc(-c2ccc(-c3ncc(N(C4CC4)[C@@H]4C[C@@]5(C)CC[C@](C)(N5)[C@@H]4F)nn3)c(O)c2)nc1=O. The van der Waals surface area contributed by atoms with E-state index in [2.05, 4.69) is 37.3 Å². The first-order valence-electron chi connectivity index (χ1n) is 12.6. The lowest BCUT2D eigenvalue weighted by Crippen LogP contribution is -2.66. The van der Waals surface area contributed by atoms with Crippen molar-refractivity contribution in [1.29, 1.82) is 0 Å². The second-order valence-electron chi connectivity index (χ2n) is 11.1. The van der Waals surface area contributed by atoms with Gasteiger partial charge in [-0.15, -0.1) is 10.2 Å². The highest BCUT2D eigenvalue weighted by molar-refractivity contribution is 5.71. The van der Waals surface area contributed by atoms with E-state index in [1.54, 1.807) is 18.3 Å². The molecule has 2 aliphatic heterocycles. The van der Waals surface area contributed by atoms with Crippen LogP contribution in [-0.2, 0) is 7.05 Å². The number of phenolic OH excluding ortho intramolecular Hbond substituents is 1. The molecule has 4 heterocycles. The van der Waals surface area contributed by atoms with Crippen molar-refractivity contribution in [3.63, 3.8) is 0 Å². The monoisotopic (exact) mass is 509 g/mol. The van der Waals surface area contributed by atoms with Gasteiger partial charge in [0, 0.05) is 35.8 Å². The second-order valence-corrected chi connectivity index (χ2v) is 11.1. The van der Waals surface area contributed by atoms with Crippen molar-refractivity contribution in [3.05, 3.63) is 46.9 Å². The maximum absolute atomic E-state index is 15.8. The lowest BCUT2D eigenvalue weighted by Gasteiger charge is -2.48. The minimum absolute atomic E-state index is 0.107. The van der Waals surface area contributed by atoms with Crippen LogP contribution < -0.4 is 15.9 Å². The van der Waals surface area contributed by atoms with Crippen molar-refractivity contribution < 1.29 is 13.9 Å². The number of fused-ring (bicyclic) bond motifs is 2. The van der Waals surface area contributed by atoms with Gasteiger partial charge in [0.05, 0.1) is 23.5 Å². The highest BCUT2D eigenvalue weighted by Gasteiger charge is 2.58. The topological polar surface area (TPSA) is 109 Å². The molecule has 2 saturated heterocycles. The van der Waals surface area contributed by atoms with Gasteiger partial charge in [0.15, 0.2) is 17.6 Å². The number of aromatic hydroxyl groups is 1. The van der Waals surface area contributed by atoms with E-state index < -0.39 is 23.3 Å². The fourth-order valence-corrected chi connectivity index (χ4v) is 5.97. The standard InChI is InChI=1S/C26H29F2N7O2/c1-25-8-9-26(2,33-25)22(28)18(12-25)35(15-5-6-15)21-13-29-23(32-31-21)16-7-4-14(10-19(16)36)17-11-20(27)34(3)24(37)30-17/h4,7,10-11,13,15,18,22,33,36H,5-6,8-9,12H2,1-3H3/t18-,22-,25-,26+/m1/s1. The van der Waals surface area contributed by atoms with Crippen LogP contribution in [-0.4, -0.2) is 59.2 Å². The van der Waals surface area contributed by atoms with Crippen molar-refractivity contribution in [2.45, 2.75) is 75.3 Å². The Kier molecular flexibility index (Phi) is 5.34. The zero-order valence-corrected chi connectivity index (χ0v) is 20.9. The first-order chi connectivity index (χ1) is 17.6. The number of anilines is 1. The molecule has 2 aromatic heterocycles. The Labute approximate surface area is 212 Å². The summed E-state index contributed by atoms with van der Waals surface area (Å²) in [4.78, 5) is 22.2. The number of piperidine rings is 1. The van der Waals surface area contributed by atoms with Gasteiger partial charge >= 0.3 is 5.69 Å². The van der Waals surface area contributed by atoms with E-state index in [4.69, 9.17) is 0 Å². The van der Waals surface area contributed by atoms with Crippen molar-refractivity contribution >= 4 is 5.82 Å². The minimum atomic E-state index is -1.05. The van der Waals surface area contributed by atoms with Gasteiger partial charge in [0.2, 0.25) is 0 Å². The number of nitrogens with zero attached hydrogens (tertiary/aromatic N) is 6. The Hall–Kier alpha value is -3.47. The third-order valence-electron chi connectivity index (χ3n) is 8.11. The van der Waals surface area contributed by atoms with Crippen LogP contribution in [0, 0.1) is 5.95 Å². The average Bonchev–Trinajstić information content (AvgIpc) is 3.66. The first-order valence-corrected chi connectivity index (χ1v) is 12.6. The van der Waals surface area contributed by atoms with Crippen LogP contribution in [0.25, 0.3) is 22.6 Å². The maximum atomic E-state index is 15.8. The zero-order chi connectivity index (χ0) is 26.1. The highest BCUT2D eigenvalue weighted by Crippen LogP contribution is 2.47.